The average molecular weight is 203 g/mol. The molecule has 0 atom stereocenters. The van der Waals surface area contributed by atoms with Crippen LogP contribution in [0.4, 0.5) is 5.69 Å². The van der Waals surface area contributed by atoms with Crippen molar-refractivity contribution in [2.45, 2.75) is 13.3 Å². The molecule has 0 spiro atoms. The smallest absolute Gasteiger partial charge is 0.0405 e. The first-order valence-corrected chi connectivity index (χ1v) is 5.73. The molecule has 0 aromatic heterocycles. The van der Waals surface area contributed by atoms with Gasteiger partial charge in [-0.05, 0) is 31.2 Å². The lowest BCUT2D eigenvalue weighted by molar-refractivity contribution is 0.312. The number of aryl methyl sites for hydroxylation is 1. The van der Waals surface area contributed by atoms with Crippen LogP contribution < -0.4 is 4.90 Å². The second-order valence-corrected chi connectivity index (χ2v) is 4.20. The third kappa shape index (κ3) is 2.32. The van der Waals surface area contributed by atoms with Crippen LogP contribution in [0.5, 0.6) is 0 Å². The number of anilines is 1. The van der Waals surface area contributed by atoms with Gasteiger partial charge in [-0.2, -0.15) is 0 Å². The molecule has 0 bridgehead atoms. The maximum absolute atomic E-state index is 3.19. The molecule has 0 aliphatic carbocycles. The zero-order valence-corrected chi connectivity index (χ0v) is 9.66. The summed E-state index contributed by atoms with van der Waals surface area (Å²) >= 11 is 0. The van der Waals surface area contributed by atoms with E-state index in [-0.39, 0.29) is 0 Å². The molecule has 1 aromatic carbocycles. The molecule has 1 aliphatic heterocycles. The first-order valence-electron chi connectivity index (χ1n) is 5.73. The third-order valence-electron chi connectivity index (χ3n) is 3.15. The van der Waals surface area contributed by atoms with Gasteiger partial charge in [0, 0.05) is 31.9 Å². The highest BCUT2D eigenvalue weighted by Gasteiger charge is 2.15. The molecule has 2 nitrogen and oxygen atoms in total. The number of hydrogen-bond acceptors (Lipinski definition) is 2. The Balaban J connectivity index is 2.15. The Morgan fingerprint density at radius 3 is 2.67 bits per heavy atom. The maximum Gasteiger partial charge on any atom is 0.0405 e. The Hall–Kier alpha value is -1.02. The van der Waals surface area contributed by atoms with E-state index in [1.807, 2.05) is 6.07 Å². The van der Waals surface area contributed by atoms with E-state index in [9.17, 15) is 0 Å². The van der Waals surface area contributed by atoms with Gasteiger partial charge in [-0.1, -0.05) is 19.1 Å². The first-order chi connectivity index (χ1) is 7.31. The Morgan fingerprint density at radius 2 is 2.00 bits per heavy atom. The lowest BCUT2D eigenvalue weighted by atomic mass is 10.1. The number of likely N-dealkylation sites (N-methyl/N-ethyl adjacent to an activating group) is 1. The Bertz CT molecular complexity index is 314. The molecule has 0 saturated carbocycles. The van der Waals surface area contributed by atoms with E-state index < -0.39 is 0 Å². The fourth-order valence-electron chi connectivity index (χ4n) is 2.09. The van der Waals surface area contributed by atoms with Gasteiger partial charge in [0.2, 0.25) is 0 Å². The zero-order chi connectivity index (χ0) is 10.7. The molecule has 81 valence electrons. The molecular formula is C13H19N2. The summed E-state index contributed by atoms with van der Waals surface area (Å²) in [4.78, 5) is 4.87. The largest absolute Gasteiger partial charge is 0.369 e. The molecule has 0 unspecified atom stereocenters. The second-order valence-electron chi connectivity index (χ2n) is 4.20. The van der Waals surface area contributed by atoms with Gasteiger partial charge >= 0.3 is 0 Å². The highest BCUT2D eigenvalue weighted by Crippen LogP contribution is 2.21. The molecule has 2 rings (SSSR count). The van der Waals surface area contributed by atoms with Crippen LogP contribution in [-0.2, 0) is 6.42 Å². The third-order valence-corrected chi connectivity index (χ3v) is 3.15. The number of benzene rings is 1. The van der Waals surface area contributed by atoms with Crippen molar-refractivity contribution in [2.24, 2.45) is 0 Å². The summed E-state index contributed by atoms with van der Waals surface area (Å²) in [5.74, 6) is 0. The van der Waals surface area contributed by atoms with Crippen LogP contribution >= 0.6 is 0 Å². The van der Waals surface area contributed by atoms with Crippen molar-refractivity contribution in [3.05, 3.63) is 29.8 Å². The Kier molecular flexibility index (Phi) is 3.27. The standard InChI is InChI=1S/C13H19N2/c1-3-12-6-4-5-7-13(12)15-10-8-14(2)9-11-15/h4,6-7H,3,8-11H2,1-2H3. The van der Waals surface area contributed by atoms with E-state index in [1.165, 1.54) is 11.3 Å². The summed E-state index contributed by atoms with van der Waals surface area (Å²) in [7, 11) is 2.19. The van der Waals surface area contributed by atoms with Crippen molar-refractivity contribution >= 4 is 5.69 Å². The highest BCUT2D eigenvalue weighted by molar-refractivity contribution is 5.53. The number of hydrogen-bond donors (Lipinski definition) is 0. The molecule has 1 heterocycles. The van der Waals surface area contributed by atoms with E-state index in [1.54, 1.807) is 0 Å². The van der Waals surface area contributed by atoms with Crippen LogP contribution in [0, 0.1) is 6.07 Å². The van der Waals surface area contributed by atoms with Crippen LogP contribution in [0.25, 0.3) is 0 Å². The maximum atomic E-state index is 3.19. The van der Waals surface area contributed by atoms with Crippen molar-refractivity contribution in [1.82, 2.24) is 4.90 Å². The SMILES string of the molecule is CCc1cc[c]cc1N1CCN(C)CC1. The topological polar surface area (TPSA) is 6.48 Å². The predicted octanol–water partition coefficient (Wildman–Crippen LogP) is 1.80. The van der Waals surface area contributed by atoms with Gasteiger partial charge in [0.05, 0.1) is 0 Å². The van der Waals surface area contributed by atoms with Gasteiger partial charge in [-0.15, -0.1) is 0 Å². The monoisotopic (exact) mass is 203 g/mol. The molecular weight excluding hydrogens is 184 g/mol. The van der Waals surface area contributed by atoms with Crippen LogP contribution in [0.3, 0.4) is 0 Å². The van der Waals surface area contributed by atoms with Gasteiger partial charge in [0.25, 0.3) is 0 Å². The van der Waals surface area contributed by atoms with E-state index in [0.717, 1.165) is 32.6 Å². The van der Waals surface area contributed by atoms with Crippen molar-refractivity contribution in [3.63, 3.8) is 0 Å². The summed E-state index contributed by atoms with van der Waals surface area (Å²) in [6.07, 6.45) is 1.11. The minimum atomic E-state index is 1.11. The molecule has 2 heteroatoms. The molecule has 1 radical (unpaired) electrons. The van der Waals surface area contributed by atoms with Gasteiger partial charge < -0.3 is 9.80 Å². The predicted molar refractivity (Wildman–Crippen MR) is 64.4 cm³/mol. The van der Waals surface area contributed by atoms with Crippen molar-refractivity contribution < 1.29 is 0 Å². The fourth-order valence-corrected chi connectivity index (χ4v) is 2.09. The average Bonchev–Trinajstić information content (AvgIpc) is 2.30. The molecule has 1 aliphatic rings. The minimum Gasteiger partial charge on any atom is -0.369 e. The Labute approximate surface area is 92.5 Å². The molecule has 15 heavy (non-hydrogen) atoms. The summed E-state index contributed by atoms with van der Waals surface area (Å²) < 4.78 is 0. The summed E-state index contributed by atoms with van der Waals surface area (Å²) in [5, 5.41) is 0. The van der Waals surface area contributed by atoms with Crippen LogP contribution in [0.1, 0.15) is 12.5 Å². The summed E-state index contributed by atoms with van der Waals surface area (Å²) in [6, 6.07) is 9.52. The molecule has 1 aromatic rings. The normalized spacial score (nSPS) is 18.1. The van der Waals surface area contributed by atoms with E-state index in [4.69, 9.17) is 0 Å². The van der Waals surface area contributed by atoms with Crippen molar-refractivity contribution in [3.8, 4) is 0 Å². The van der Waals surface area contributed by atoms with E-state index in [2.05, 4.69) is 42.0 Å². The minimum absolute atomic E-state index is 1.11. The van der Waals surface area contributed by atoms with Crippen LogP contribution in [0.2, 0.25) is 0 Å². The van der Waals surface area contributed by atoms with Gasteiger partial charge in [0.15, 0.2) is 0 Å². The van der Waals surface area contributed by atoms with Gasteiger partial charge in [0.1, 0.15) is 0 Å². The second kappa shape index (κ2) is 4.67. The van der Waals surface area contributed by atoms with Crippen molar-refractivity contribution in [1.29, 1.82) is 0 Å². The number of rotatable bonds is 2. The number of piperazine rings is 1. The highest BCUT2D eigenvalue weighted by atomic mass is 15.2. The first kappa shape index (κ1) is 10.5. The number of nitrogens with zero attached hydrogens (tertiary/aromatic N) is 2. The molecule has 1 saturated heterocycles. The van der Waals surface area contributed by atoms with Gasteiger partial charge in [-0.3, -0.25) is 0 Å². The fraction of sp³-hybridized carbons (Fsp3) is 0.538. The van der Waals surface area contributed by atoms with Gasteiger partial charge in [-0.25, -0.2) is 0 Å². The Morgan fingerprint density at radius 1 is 1.27 bits per heavy atom. The van der Waals surface area contributed by atoms with Crippen LogP contribution in [-0.4, -0.2) is 38.1 Å². The lowest BCUT2D eigenvalue weighted by Gasteiger charge is -2.35. The zero-order valence-electron chi connectivity index (χ0n) is 9.66. The van der Waals surface area contributed by atoms with E-state index >= 15 is 0 Å². The van der Waals surface area contributed by atoms with Crippen LogP contribution in [0.15, 0.2) is 18.2 Å². The summed E-state index contributed by atoms with van der Waals surface area (Å²) in [5.41, 5.74) is 2.83. The summed E-state index contributed by atoms with van der Waals surface area (Å²) in [6.45, 7) is 6.83. The molecule has 1 fully saturated rings. The molecule has 0 amide bonds. The molecule has 0 N–H and O–H groups in total. The lowest BCUT2D eigenvalue weighted by Crippen LogP contribution is -2.44. The van der Waals surface area contributed by atoms with E-state index in [0.29, 0.717) is 0 Å². The van der Waals surface area contributed by atoms with Crippen molar-refractivity contribution in [2.75, 3.05) is 38.1 Å². The quantitative estimate of drug-likeness (QED) is 0.723.